The number of esters is 1. The van der Waals surface area contributed by atoms with Gasteiger partial charge in [0.15, 0.2) is 0 Å². The minimum absolute atomic E-state index is 0.327. The zero-order valence-corrected chi connectivity index (χ0v) is 10.2. The van der Waals surface area contributed by atoms with E-state index in [0.717, 1.165) is 4.68 Å². The third kappa shape index (κ3) is 3.27. The van der Waals surface area contributed by atoms with Crippen molar-refractivity contribution in [2.24, 2.45) is 11.8 Å². The average Bonchev–Trinajstić information content (AvgIpc) is 3.05. The van der Waals surface area contributed by atoms with Gasteiger partial charge in [-0.25, -0.2) is 8.78 Å². The first-order valence-corrected chi connectivity index (χ1v) is 5.70. The third-order valence-electron chi connectivity index (χ3n) is 2.86. The second-order valence-corrected chi connectivity index (χ2v) is 4.30. The Morgan fingerprint density at radius 1 is 1.58 bits per heavy atom. The minimum Gasteiger partial charge on any atom is -0.469 e. The van der Waals surface area contributed by atoms with Crippen LogP contribution in [0.25, 0.3) is 0 Å². The number of amides is 1. The third-order valence-corrected chi connectivity index (χ3v) is 2.86. The molecule has 1 saturated carbocycles. The number of alkyl halides is 2. The second-order valence-electron chi connectivity index (χ2n) is 4.30. The number of nitrogens with zero attached hydrogens (tertiary/aromatic N) is 2. The van der Waals surface area contributed by atoms with Gasteiger partial charge in [-0.05, 0) is 6.42 Å². The highest BCUT2D eigenvalue weighted by Crippen LogP contribution is 2.40. The SMILES string of the molecule is COC(=O)[C@@H]1C[C@H]1C(=O)Nc1cnn(CC(F)F)c1. The van der Waals surface area contributed by atoms with Crippen LogP contribution in [-0.2, 0) is 20.9 Å². The van der Waals surface area contributed by atoms with Gasteiger partial charge in [0.1, 0.15) is 6.54 Å². The highest BCUT2D eigenvalue weighted by molar-refractivity contribution is 5.98. The Kier molecular flexibility index (Phi) is 3.77. The van der Waals surface area contributed by atoms with Gasteiger partial charge in [-0.15, -0.1) is 0 Å². The molecule has 0 aliphatic heterocycles. The number of carbonyl (C=O) groups is 2. The van der Waals surface area contributed by atoms with Gasteiger partial charge in [0.2, 0.25) is 5.91 Å². The van der Waals surface area contributed by atoms with E-state index in [1.807, 2.05) is 0 Å². The molecule has 0 spiro atoms. The normalized spacial score (nSPS) is 21.3. The molecule has 0 unspecified atom stereocenters. The molecule has 1 aliphatic carbocycles. The monoisotopic (exact) mass is 273 g/mol. The predicted octanol–water partition coefficient (Wildman–Crippen LogP) is 0.896. The fourth-order valence-electron chi connectivity index (χ4n) is 1.80. The van der Waals surface area contributed by atoms with Gasteiger partial charge >= 0.3 is 5.97 Å². The van der Waals surface area contributed by atoms with Crippen molar-refractivity contribution >= 4 is 17.6 Å². The molecule has 0 bridgehead atoms. The number of anilines is 1. The molecule has 1 heterocycles. The fourth-order valence-corrected chi connectivity index (χ4v) is 1.80. The van der Waals surface area contributed by atoms with Crippen molar-refractivity contribution in [3.63, 3.8) is 0 Å². The summed E-state index contributed by atoms with van der Waals surface area (Å²) in [6, 6.07) is 0. The summed E-state index contributed by atoms with van der Waals surface area (Å²) in [6.45, 7) is -0.524. The zero-order valence-electron chi connectivity index (χ0n) is 10.2. The molecule has 19 heavy (non-hydrogen) atoms. The number of nitrogens with one attached hydrogen (secondary N) is 1. The van der Waals surface area contributed by atoms with Gasteiger partial charge < -0.3 is 10.1 Å². The Morgan fingerprint density at radius 3 is 2.95 bits per heavy atom. The second kappa shape index (κ2) is 5.33. The molecule has 1 aromatic heterocycles. The van der Waals surface area contributed by atoms with Crippen molar-refractivity contribution in [2.75, 3.05) is 12.4 Å². The van der Waals surface area contributed by atoms with E-state index < -0.39 is 30.8 Å². The van der Waals surface area contributed by atoms with Crippen LogP contribution in [0, 0.1) is 11.8 Å². The van der Waals surface area contributed by atoms with Crippen LogP contribution >= 0.6 is 0 Å². The first-order valence-electron chi connectivity index (χ1n) is 5.70. The van der Waals surface area contributed by atoms with Gasteiger partial charge in [0, 0.05) is 6.20 Å². The average molecular weight is 273 g/mol. The molecule has 6 nitrogen and oxygen atoms in total. The van der Waals surface area contributed by atoms with E-state index in [4.69, 9.17) is 0 Å². The van der Waals surface area contributed by atoms with E-state index in [2.05, 4.69) is 15.2 Å². The number of rotatable bonds is 5. The largest absolute Gasteiger partial charge is 0.469 e. The number of carbonyl (C=O) groups excluding carboxylic acids is 2. The highest BCUT2D eigenvalue weighted by Gasteiger charge is 2.49. The molecule has 1 amide bonds. The van der Waals surface area contributed by atoms with Crippen molar-refractivity contribution in [1.29, 1.82) is 0 Å². The highest BCUT2D eigenvalue weighted by atomic mass is 19.3. The molecule has 104 valence electrons. The lowest BCUT2D eigenvalue weighted by Crippen LogP contribution is -2.17. The van der Waals surface area contributed by atoms with Crippen LogP contribution in [0.1, 0.15) is 6.42 Å². The summed E-state index contributed by atoms with van der Waals surface area (Å²) >= 11 is 0. The summed E-state index contributed by atoms with van der Waals surface area (Å²) in [6.07, 6.45) is 0.551. The van der Waals surface area contributed by atoms with E-state index >= 15 is 0 Å². The molecule has 1 fully saturated rings. The van der Waals surface area contributed by atoms with Crippen molar-refractivity contribution in [1.82, 2.24) is 9.78 Å². The smallest absolute Gasteiger partial charge is 0.309 e. The van der Waals surface area contributed by atoms with Crippen LogP contribution in [0.4, 0.5) is 14.5 Å². The maximum Gasteiger partial charge on any atom is 0.309 e. The number of halogens is 2. The van der Waals surface area contributed by atoms with Crippen molar-refractivity contribution in [3.8, 4) is 0 Å². The molecule has 1 aromatic rings. The standard InChI is InChI=1S/C11H13F2N3O3/c1-19-11(18)8-2-7(8)10(17)15-6-3-14-16(4-6)5-9(12)13/h3-4,7-9H,2,5H2,1H3,(H,15,17)/t7-,8-/m1/s1. The molecule has 0 aromatic carbocycles. The van der Waals surface area contributed by atoms with Gasteiger partial charge in [0.05, 0.1) is 30.8 Å². The first-order chi connectivity index (χ1) is 9.01. The molecule has 2 rings (SSSR count). The molecule has 0 radical (unpaired) electrons. The van der Waals surface area contributed by atoms with Crippen LogP contribution in [-0.4, -0.2) is 35.2 Å². The predicted molar refractivity (Wildman–Crippen MR) is 60.5 cm³/mol. The zero-order chi connectivity index (χ0) is 14.0. The van der Waals surface area contributed by atoms with Crippen LogP contribution < -0.4 is 5.32 Å². The van der Waals surface area contributed by atoms with E-state index in [9.17, 15) is 18.4 Å². The molecule has 0 saturated heterocycles. The lowest BCUT2D eigenvalue weighted by Gasteiger charge is -2.01. The van der Waals surface area contributed by atoms with Crippen molar-refractivity contribution in [3.05, 3.63) is 12.4 Å². The van der Waals surface area contributed by atoms with E-state index in [0.29, 0.717) is 12.1 Å². The maximum absolute atomic E-state index is 12.1. The molecular formula is C11H13F2N3O3. The Labute approximate surface area is 107 Å². The molecule has 2 atom stereocenters. The number of hydrogen-bond donors (Lipinski definition) is 1. The van der Waals surface area contributed by atoms with Gasteiger partial charge in [-0.2, -0.15) is 5.10 Å². The molecule has 1 N–H and O–H groups in total. The van der Waals surface area contributed by atoms with Crippen molar-refractivity contribution < 1.29 is 23.1 Å². The van der Waals surface area contributed by atoms with E-state index in [-0.39, 0.29) is 5.91 Å². The Bertz CT molecular complexity index is 489. The molecule has 1 aliphatic rings. The lowest BCUT2D eigenvalue weighted by atomic mass is 10.3. The van der Waals surface area contributed by atoms with Gasteiger partial charge in [-0.3, -0.25) is 14.3 Å². The number of ether oxygens (including phenoxy) is 1. The number of aromatic nitrogens is 2. The summed E-state index contributed by atoms with van der Waals surface area (Å²) in [5.41, 5.74) is 0.334. The topological polar surface area (TPSA) is 73.2 Å². The quantitative estimate of drug-likeness (QED) is 0.809. The number of methoxy groups -OCH3 is 1. The van der Waals surface area contributed by atoms with Crippen LogP contribution in [0.2, 0.25) is 0 Å². The van der Waals surface area contributed by atoms with Crippen LogP contribution in [0.5, 0.6) is 0 Å². The van der Waals surface area contributed by atoms with Crippen LogP contribution in [0.15, 0.2) is 12.4 Å². The van der Waals surface area contributed by atoms with E-state index in [1.165, 1.54) is 19.5 Å². The van der Waals surface area contributed by atoms with Gasteiger partial charge in [0.25, 0.3) is 6.43 Å². The number of hydrogen-bond acceptors (Lipinski definition) is 4. The maximum atomic E-state index is 12.1. The van der Waals surface area contributed by atoms with Crippen molar-refractivity contribution in [2.45, 2.75) is 19.4 Å². The first kappa shape index (κ1) is 13.4. The summed E-state index contributed by atoms with van der Waals surface area (Å²) in [4.78, 5) is 22.9. The summed E-state index contributed by atoms with van der Waals surface area (Å²) in [7, 11) is 1.27. The Balaban J connectivity index is 1.86. The minimum atomic E-state index is -2.50. The Morgan fingerprint density at radius 2 is 2.32 bits per heavy atom. The summed E-state index contributed by atoms with van der Waals surface area (Å²) < 4.78 is 29.8. The summed E-state index contributed by atoms with van der Waals surface area (Å²) in [5.74, 6) is -1.55. The molecular weight excluding hydrogens is 260 g/mol. The van der Waals surface area contributed by atoms with Gasteiger partial charge in [-0.1, -0.05) is 0 Å². The lowest BCUT2D eigenvalue weighted by molar-refractivity contribution is -0.143. The molecule has 8 heteroatoms. The fraction of sp³-hybridized carbons (Fsp3) is 0.545. The Hall–Kier alpha value is -1.99. The van der Waals surface area contributed by atoms with E-state index in [1.54, 1.807) is 0 Å². The van der Waals surface area contributed by atoms with Crippen LogP contribution in [0.3, 0.4) is 0 Å². The summed E-state index contributed by atoms with van der Waals surface area (Å²) in [5, 5.41) is 6.22.